The second-order valence-electron chi connectivity index (χ2n) is 6.13. The summed E-state index contributed by atoms with van der Waals surface area (Å²) >= 11 is 0. The number of carbonyl (C=O) groups is 2. The molecule has 0 aliphatic heterocycles. The van der Waals surface area contributed by atoms with Gasteiger partial charge in [-0.1, -0.05) is 43.7 Å². The van der Waals surface area contributed by atoms with Crippen LogP contribution in [0.4, 0.5) is 13.2 Å². The van der Waals surface area contributed by atoms with Crippen molar-refractivity contribution in [2.24, 2.45) is 0 Å². The smallest absolute Gasteiger partial charge is 0.273 e. The number of rotatable bonds is 6. The lowest BCUT2D eigenvalue weighted by Crippen LogP contribution is -2.41. The lowest BCUT2D eigenvalue weighted by molar-refractivity contribution is -0.137. The predicted octanol–water partition coefficient (Wildman–Crippen LogP) is 4.25. The molecule has 0 unspecified atom stereocenters. The average Bonchev–Trinajstić information content (AvgIpc) is 2.64. The standard InChI is InChI=1S/C20H21F3N2O2/c1-2-3-8-18(26)24-25-19(27)17-7-5-4-6-15(17)13-14-9-11-16(12-10-14)20(21,22)23/h4-7,9-12H,2-3,8,13H2,1H3,(H,24,26)(H,25,27). The third kappa shape index (κ3) is 6.13. The summed E-state index contributed by atoms with van der Waals surface area (Å²) in [4.78, 5) is 24.0. The highest BCUT2D eigenvalue weighted by Gasteiger charge is 2.29. The van der Waals surface area contributed by atoms with E-state index in [2.05, 4.69) is 10.9 Å². The third-order valence-corrected chi connectivity index (χ3v) is 4.01. The number of alkyl halides is 3. The number of unbranched alkanes of at least 4 members (excludes halogenated alkanes) is 1. The van der Waals surface area contributed by atoms with Crippen LogP contribution in [0.1, 0.15) is 53.2 Å². The Morgan fingerprint density at radius 2 is 1.63 bits per heavy atom. The number of halogens is 3. The SMILES string of the molecule is CCCCC(=O)NNC(=O)c1ccccc1Cc1ccc(C(F)(F)F)cc1. The van der Waals surface area contributed by atoms with Crippen LogP contribution in [0.3, 0.4) is 0 Å². The first-order valence-corrected chi connectivity index (χ1v) is 8.64. The van der Waals surface area contributed by atoms with E-state index in [0.29, 0.717) is 29.5 Å². The summed E-state index contributed by atoms with van der Waals surface area (Å²) in [6.45, 7) is 1.96. The molecule has 0 aromatic heterocycles. The van der Waals surface area contributed by atoms with E-state index in [1.807, 2.05) is 6.92 Å². The van der Waals surface area contributed by atoms with Crippen molar-refractivity contribution in [2.45, 2.75) is 38.8 Å². The van der Waals surface area contributed by atoms with Crippen LogP contribution in [0.5, 0.6) is 0 Å². The van der Waals surface area contributed by atoms with Crippen LogP contribution in [0, 0.1) is 0 Å². The summed E-state index contributed by atoms with van der Waals surface area (Å²) in [7, 11) is 0. The summed E-state index contributed by atoms with van der Waals surface area (Å²) in [5, 5.41) is 0. The first kappa shape index (κ1) is 20.5. The van der Waals surface area contributed by atoms with E-state index in [-0.39, 0.29) is 5.91 Å². The summed E-state index contributed by atoms with van der Waals surface area (Å²) < 4.78 is 38.0. The monoisotopic (exact) mass is 378 g/mol. The molecule has 0 fully saturated rings. The molecule has 7 heteroatoms. The van der Waals surface area contributed by atoms with E-state index in [1.54, 1.807) is 24.3 Å². The molecule has 4 nitrogen and oxygen atoms in total. The van der Waals surface area contributed by atoms with Crippen molar-refractivity contribution in [2.75, 3.05) is 0 Å². The van der Waals surface area contributed by atoms with Gasteiger partial charge in [0, 0.05) is 12.0 Å². The molecule has 0 aliphatic rings. The fourth-order valence-corrected chi connectivity index (χ4v) is 2.52. The maximum Gasteiger partial charge on any atom is 0.416 e. The van der Waals surface area contributed by atoms with Crippen LogP contribution < -0.4 is 10.9 Å². The largest absolute Gasteiger partial charge is 0.416 e. The zero-order chi connectivity index (χ0) is 19.9. The number of nitrogens with one attached hydrogen (secondary N) is 2. The lowest BCUT2D eigenvalue weighted by atomic mass is 9.98. The third-order valence-electron chi connectivity index (χ3n) is 4.01. The van der Waals surface area contributed by atoms with Crippen LogP contribution in [0.15, 0.2) is 48.5 Å². The topological polar surface area (TPSA) is 58.2 Å². The van der Waals surface area contributed by atoms with Crippen molar-refractivity contribution in [3.05, 3.63) is 70.8 Å². The highest BCUT2D eigenvalue weighted by Crippen LogP contribution is 2.29. The maximum absolute atomic E-state index is 12.7. The molecule has 0 aliphatic carbocycles. The quantitative estimate of drug-likeness (QED) is 0.739. The van der Waals surface area contributed by atoms with Gasteiger partial charge < -0.3 is 0 Å². The van der Waals surface area contributed by atoms with E-state index in [9.17, 15) is 22.8 Å². The molecular weight excluding hydrogens is 357 g/mol. The molecule has 0 bridgehead atoms. The predicted molar refractivity (Wildman–Crippen MR) is 95.8 cm³/mol. The fraction of sp³-hybridized carbons (Fsp3) is 0.300. The molecule has 0 radical (unpaired) electrons. The van der Waals surface area contributed by atoms with Gasteiger partial charge in [-0.15, -0.1) is 0 Å². The second kappa shape index (κ2) is 9.21. The van der Waals surface area contributed by atoms with Crippen LogP contribution in [0.25, 0.3) is 0 Å². The second-order valence-corrected chi connectivity index (χ2v) is 6.13. The van der Waals surface area contributed by atoms with Gasteiger partial charge in [0.1, 0.15) is 0 Å². The van der Waals surface area contributed by atoms with Gasteiger partial charge in [-0.2, -0.15) is 13.2 Å². The van der Waals surface area contributed by atoms with Gasteiger partial charge in [-0.25, -0.2) is 0 Å². The van der Waals surface area contributed by atoms with Gasteiger partial charge in [0.2, 0.25) is 5.91 Å². The van der Waals surface area contributed by atoms with Gasteiger partial charge >= 0.3 is 6.18 Å². The van der Waals surface area contributed by atoms with Crippen molar-refractivity contribution in [3.63, 3.8) is 0 Å². The Morgan fingerprint density at radius 3 is 2.26 bits per heavy atom. The van der Waals surface area contributed by atoms with Gasteiger partial charge in [0.15, 0.2) is 0 Å². The minimum atomic E-state index is -4.38. The van der Waals surface area contributed by atoms with E-state index < -0.39 is 17.6 Å². The minimum absolute atomic E-state index is 0.273. The minimum Gasteiger partial charge on any atom is -0.273 e. The molecule has 0 atom stereocenters. The highest BCUT2D eigenvalue weighted by atomic mass is 19.4. The zero-order valence-electron chi connectivity index (χ0n) is 14.9. The molecule has 27 heavy (non-hydrogen) atoms. The summed E-state index contributed by atoms with van der Waals surface area (Å²) in [5.74, 6) is -0.743. The average molecular weight is 378 g/mol. The Hall–Kier alpha value is -2.83. The Morgan fingerprint density at radius 1 is 0.963 bits per heavy atom. The van der Waals surface area contributed by atoms with E-state index in [0.717, 1.165) is 25.0 Å². The van der Waals surface area contributed by atoms with E-state index in [4.69, 9.17) is 0 Å². The van der Waals surface area contributed by atoms with Crippen molar-refractivity contribution >= 4 is 11.8 Å². The van der Waals surface area contributed by atoms with Crippen LogP contribution in [-0.4, -0.2) is 11.8 Å². The Bertz CT molecular complexity index is 787. The van der Waals surface area contributed by atoms with Crippen molar-refractivity contribution in [1.82, 2.24) is 10.9 Å². The molecule has 2 rings (SSSR count). The van der Waals surface area contributed by atoms with Gasteiger partial charge in [-0.3, -0.25) is 20.4 Å². The van der Waals surface area contributed by atoms with Gasteiger partial charge in [0.25, 0.3) is 5.91 Å². The zero-order valence-corrected chi connectivity index (χ0v) is 14.9. The molecular formula is C20H21F3N2O2. The maximum atomic E-state index is 12.7. The van der Waals surface area contributed by atoms with Crippen molar-refractivity contribution in [1.29, 1.82) is 0 Å². The number of amides is 2. The van der Waals surface area contributed by atoms with E-state index >= 15 is 0 Å². The number of carbonyl (C=O) groups excluding carboxylic acids is 2. The normalized spacial score (nSPS) is 11.1. The fourth-order valence-electron chi connectivity index (χ4n) is 2.52. The molecule has 0 spiro atoms. The molecule has 2 N–H and O–H groups in total. The number of benzene rings is 2. The molecule has 144 valence electrons. The molecule has 2 amide bonds. The first-order valence-electron chi connectivity index (χ1n) is 8.64. The van der Waals surface area contributed by atoms with Crippen molar-refractivity contribution in [3.8, 4) is 0 Å². The summed E-state index contributed by atoms with van der Waals surface area (Å²) in [5.41, 5.74) is 5.68. The van der Waals surface area contributed by atoms with Crippen LogP contribution in [-0.2, 0) is 17.4 Å². The van der Waals surface area contributed by atoms with Crippen LogP contribution in [0.2, 0.25) is 0 Å². The molecule has 0 heterocycles. The van der Waals surface area contributed by atoms with E-state index in [1.165, 1.54) is 12.1 Å². The molecule has 0 saturated heterocycles. The van der Waals surface area contributed by atoms with Gasteiger partial charge in [0.05, 0.1) is 5.56 Å². The Balaban J connectivity index is 2.06. The number of hydrazine groups is 1. The summed E-state index contributed by atoms with van der Waals surface area (Å²) in [6.07, 6.45) is -2.16. The summed E-state index contributed by atoms with van der Waals surface area (Å²) in [6, 6.07) is 11.6. The highest BCUT2D eigenvalue weighted by molar-refractivity contribution is 5.96. The molecule has 2 aromatic rings. The van der Waals surface area contributed by atoms with Crippen LogP contribution >= 0.6 is 0 Å². The number of hydrogen-bond donors (Lipinski definition) is 2. The lowest BCUT2D eigenvalue weighted by Gasteiger charge is -2.12. The van der Waals surface area contributed by atoms with Gasteiger partial charge in [-0.05, 0) is 42.2 Å². The Labute approximate surface area is 155 Å². The van der Waals surface area contributed by atoms with Crippen molar-refractivity contribution < 1.29 is 22.8 Å². The number of hydrogen-bond acceptors (Lipinski definition) is 2. The molecule has 0 saturated carbocycles. The molecule has 2 aromatic carbocycles. The Kier molecular flexibility index (Phi) is 6.98. The first-order chi connectivity index (χ1) is 12.8.